The normalized spacial score (nSPS) is 17.2. The van der Waals surface area contributed by atoms with Crippen molar-refractivity contribution in [2.45, 2.75) is 32.4 Å². The van der Waals surface area contributed by atoms with Crippen LogP contribution >= 0.6 is 0 Å². The highest BCUT2D eigenvalue weighted by atomic mass is 16.2. The van der Waals surface area contributed by atoms with Crippen LogP contribution in [-0.4, -0.2) is 54.3 Å². The van der Waals surface area contributed by atoms with E-state index in [1.165, 1.54) is 11.1 Å². The predicted molar refractivity (Wildman–Crippen MR) is 111 cm³/mol. The molecular weight excluding hydrogens is 350 g/mol. The summed E-state index contributed by atoms with van der Waals surface area (Å²) in [6.45, 7) is 4.77. The van der Waals surface area contributed by atoms with Crippen LogP contribution < -0.4 is 5.32 Å². The van der Waals surface area contributed by atoms with Crippen molar-refractivity contribution in [3.8, 4) is 0 Å². The summed E-state index contributed by atoms with van der Waals surface area (Å²) in [4.78, 5) is 29.1. The van der Waals surface area contributed by atoms with Crippen LogP contribution in [0.4, 0.5) is 0 Å². The first-order valence-electron chi connectivity index (χ1n) is 9.88. The van der Waals surface area contributed by atoms with E-state index in [-0.39, 0.29) is 18.2 Å². The van der Waals surface area contributed by atoms with Gasteiger partial charge in [0.25, 0.3) is 0 Å². The van der Waals surface area contributed by atoms with Crippen molar-refractivity contribution >= 4 is 11.8 Å². The van der Waals surface area contributed by atoms with Gasteiger partial charge in [0.05, 0.1) is 12.5 Å². The van der Waals surface area contributed by atoms with Crippen LogP contribution in [0.2, 0.25) is 0 Å². The van der Waals surface area contributed by atoms with Gasteiger partial charge in [-0.15, -0.1) is 0 Å². The zero-order valence-electron chi connectivity index (χ0n) is 16.7. The van der Waals surface area contributed by atoms with Crippen LogP contribution in [0.15, 0.2) is 54.6 Å². The lowest BCUT2D eigenvalue weighted by molar-refractivity contribution is -0.138. The number of likely N-dealkylation sites (N-methyl/N-ethyl adjacent to an activating group) is 1. The molecule has 2 amide bonds. The minimum atomic E-state index is -0.415. The first-order chi connectivity index (χ1) is 13.5. The van der Waals surface area contributed by atoms with E-state index in [0.29, 0.717) is 19.6 Å². The lowest BCUT2D eigenvalue weighted by Gasteiger charge is -2.35. The van der Waals surface area contributed by atoms with Crippen LogP contribution in [-0.2, 0) is 22.6 Å². The Kier molecular flexibility index (Phi) is 6.82. The fraction of sp³-hybridized carbons (Fsp3) is 0.391. The van der Waals surface area contributed by atoms with Gasteiger partial charge in [-0.1, -0.05) is 60.2 Å². The maximum absolute atomic E-state index is 12.7. The molecule has 28 heavy (non-hydrogen) atoms. The van der Waals surface area contributed by atoms with Crippen LogP contribution in [0.3, 0.4) is 0 Å². The van der Waals surface area contributed by atoms with E-state index in [2.05, 4.69) is 53.5 Å². The molecule has 0 spiro atoms. The molecule has 0 aromatic heterocycles. The molecule has 5 nitrogen and oxygen atoms in total. The summed E-state index contributed by atoms with van der Waals surface area (Å²) in [6.07, 6.45) is 1.02. The minimum Gasteiger partial charge on any atom is -0.353 e. The van der Waals surface area contributed by atoms with E-state index in [1.54, 1.807) is 4.90 Å². The van der Waals surface area contributed by atoms with Gasteiger partial charge in [0, 0.05) is 33.2 Å². The minimum absolute atomic E-state index is 0.00638. The summed E-state index contributed by atoms with van der Waals surface area (Å²) in [6, 6.07) is 18.1. The molecule has 0 aliphatic carbocycles. The van der Waals surface area contributed by atoms with E-state index in [0.717, 1.165) is 18.5 Å². The van der Waals surface area contributed by atoms with Crippen molar-refractivity contribution in [2.75, 3.05) is 26.7 Å². The number of nitrogens with one attached hydrogen (secondary N) is 1. The van der Waals surface area contributed by atoms with Crippen molar-refractivity contribution in [3.63, 3.8) is 0 Å². The summed E-state index contributed by atoms with van der Waals surface area (Å²) in [5.41, 5.74) is 3.58. The van der Waals surface area contributed by atoms with Crippen LogP contribution in [0.1, 0.15) is 23.1 Å². The molecule has 0 radical (unpaired) electrons. The van der Waals surface area contributed by atoms with E-state index < -0.39 is 6.04 Å². The molecule has 1 aliphatic heterocycles. The maximum atomic E-state index is 12.7. The molecule has 148 valence electrons. The highest BCUT2D eigenvalue weighted by molar-refractivity contribution is 5.88. The van der Waals surface area contributed by atoms with Crippen molar-refractivity contribution in [1.29, 1.82) is 0 Å². The second kappa shape index (κ2) is 9.51. The Bertz CT molecular complexity index is 789. The highest BCUT2D eigenvalue weighted by Crippen LogP contribution is 2.15. The smallest absolute Gasteiger partial charge is 0.237 e. The van der Waals surface area contributed by atoms with Crippen molar-refractivity contribution in [1.82, 2.24) is 15.1 Å². The maximum Gasteiger partial charge on any atom is 0.237 e. The molecule has 1 atom stereocenters. The van der Waals surface area contributed by atoms with Crippen molar-refractivity contribution < 1.29 is 9.59 Å². The molecule has 5 heteroatoms. The molecule has 2 aromatic rings. The Balaban J connectivity index is 1.59. The van der Waals surface area contributed by atoms with Gasteiger partial charge in [-0.2, -0.15) is 0 Å². The number of aryl methyl sites for hydroxylation is 1. The average molecular weight is 380 g/mol. The third-order valence-corrected chi connectivity index (χ3v) is 5.32. The van der Waals surface area contributed by atoms with Gasteiger partial charge in [-0.05, 0) is 24.5 Å². The summed E-state index contributed by atoms with van der Waals surface area (Å²) in [5.74, 6) is -0.0462. The van der Waals surface area contributed by atoms with Gasteiger partial charge in [-0.25, -0.2) is 0 Å². The van der Waals surface area contributed by atoms with Gasteiger partial charge >= 0.3 is 0 Å². The number of carbonyl (C=O) groups is 2. The van der Waals surface area contributed by atoms with E-state index in [1.807, 2.05) is 25.2 Å². The Morgan fingerprint density at radius 3 is 2.54 bits per heavy atom. The number of hydrogen-bond donors (Lipinski definition) is 1. The molecule has 0 bridgehead atoms. The van der Waals surface area contributed by atoms with E-state index in [4.69, 9.17) is 0 Å². The van der Waals surface area contributed by atoms with Crippen LogP contribution in [0.5, 0.6) is 0 Å². The molecule has 1 saturated heterocycles. The topological polar surface area (TPSA) is 52.7 Å². The number of benzene rings is 2. The lowest BCUT2D eigenvalue weighted by Crippen LogP contribution is -2.56. The molecule has 1 unspecified atom stereocenters. The molecule has 0 saturated carbocycles. The molecule has 1 fully saturated rings. The van der Waals surface area contributed by atoms with Gasteiger partial charge in [-0.3, -0.25) is 14.5 Å². The average Bonchev–Trinajstić information content (AvgIpc) is 2.71. The Morgan fingerprint density at radius 1 is 1.11 bits per heavy atom. The number of rotatable bonds is 7. The summed E-state index contributed by atoms with van der Waals surface area (Å²) < 4.78 is 0. The van der Waals surface area contributed by atoms with Crippen molar-refractivity contribution in [3.05, 3.63) is 71.3 Å². The standard InChI is InChI=1S/C23H29N3O2/c1-18-8-10-20(11-9-18)17-26-15-13-24-23(28)21(26)16-22(27)25(2)14-12-19-6-4-3-5-7-19/h3-11,21H,12-17H2,1-2H3,(H,24,28). The van der Waals surface area contributed by atoms with Crippen molar-refractivity contribution in [2.24, 2.45) is 0 Å². The number of nitrogens with zero attached hydrogens (tertiary/aromatic N) is 2. The molecule has 1 aliphatic rings. The Hall–Kier alpha value is -2.66. The number of piperazine rings is 1. The third-order valence-electron chi connectivity index (χ3n) is 5.32. The quantitative estimate of drug-likeness (QED) is 0.804. The van der Waals surface area contributed by atoms with Gasteiger partial charge < -0.3 is 10.2 Å². The largest absolute Gasteiger partial charge is 0.353 e. The summed E-state index contributed by atoms with van der Waals surface area (Å²) in [5, 5.41) is 2.91. The second-order valence-corrected chi connectivity index (χ2v) is 7.52. The first kappa shape index (κ1) is 20.1. The highest BCUT2D eigenvalue weighted by Gasteiger charge is 2.32. The molecule has 2 aromatic carbocycles. The van der Waals surface area contributed by atoms with Gasteiger partial charge in [0.1, 0.15) is 0 Å². The summed E-state index contributed by atoms with van der Waals surface area (Å²) in [7, 11) is 1.82. The fourth-order valence-corrected chi connectivity index (χ4v) is 3.49. The molecule has 1 heterocycles. The van der Waals surface area contributed by atoms with Gasteiger partial charge in [0.2, 0.25) is 11.8 Å². The second-order valence-electron chi connectivity index (χ2n) is 7.52. The molecular formula is C23H29N3O2. The number of amides is 2. The Morgan fingerprint density at radius 2 is 1.82 bits per heavy atom. The predicted octanol–water partition coefficient (Wildman–Crippen LogP) is 2.39. The monoisotopic (exact) mass is 379 g/mol. The molecule has 3 rings (SSSR count). The van der Waals surface area contributed by atoms with E-state index >= 15 is 0 Å². The lowest BCUT2D eigenvalue weighted by atomic mass is 10.1. The fourth-order valence-electron chi connectivity index (χ4n) is 3.49. The number of carbonyl (C=O) groups excluding carboxylic acids is 2. The number of hydrogen-bond acceptors (Lipinski definition) is 3. The zero-order valence-corrected chi connectivity index (χ0v) is 16.7. The van der Waals surface area contributed by atoms with Crippen LogP contribution in [0, 0.1) is 6.92 Å². The SMILES string of the molecule is Cc1ccc(CN2CCNC(=O)C2CC(=O)N(C)CCc2ccccc2)cc1. The molecule has 1 N–H and O–H groups in total. The van der Waals surface area contributed by atoms with E-state index in [9.17, 15) is 9.59 Å². The third kappa shape index (κ3) is 5.42. The summed E-state index contributed by atoms with van der Waals surface area (Å²) >= 11 is 0. The van der Waals surface area contributed by atoms with Crippen LogP contribution in [0.25, 0.3) is 0 Å². The first-order valence-corrected chi connectivity index (χ1v) is 9.88. The van der Waals surface area contributed by atoms with Gasteiger partial charge in [0.15, 0.2) is 0 Å². The zero-order chi connectivity index (χ0) is 19.9. The Labute approximate surface area is 167 Å².